The molecule has 10 heteroatoms. The second kappa shape index (κ2) is 9.34. The van der Waals surface area contributed by atoms with Crippen molar-refractivity contribution < 1.29 is 13.2 Å². The van der Waals surface area contributed by atoms with Gasteiger partial charge in [0, 0.05) is 23.6 Å². The third kappa shape index (κ3) is 5.99. The molecule has 0 radical (unpaired) electrons. The molecule has 2 aromatic carbocycles. The Morgan fingerprint density at radius 3 is 2.59 bits per heavy atom. The quantitative estimate of drug-likeness (QED) is 0.559. The SMILES string of the molecule is CS(=O)(=O)N(CCCC(=O)Nc1nnc(-c2ccccc2)s1)c1cccc(Cl)c1. The minimum atomic E-state index is -3.50. The van der Waals surface area contributed by atoms with Crippen LogP contribution in [0.15, 0.2) is 54.6 Å². The highest BCUT2D eigenvalue weighted by molar-refractivity contribution is 7.92. The maximum absolute atomic E-state index is 12.2. The van der Waals surface area contributed by atoms with Crippen LogP contribution in [-0.2, 0) is 14.8 Å². The van der Waals surface area contributed by atoms with Crippen LogP contribution in [0.5, 0.6) is 0 Å². The second-order valence-electron chi connectivity index (χ2n) is 6.25. The number of nitrogens with zero attached hydrogens (tertiary/aromatic N) is 3. The molecule has 1 amide bonds. The van der Waals surface area contributed by atoms with Crippen molar-refractivity contribution in [2.24, 2.45) is 0 Å². The summed E-state index contributed by atoms with van der Waals surface area (Å²) in [5, 5.41) is 12.3. The van der Waals surface area contributed by atoms with Crippen LogP contribution in [-0.4, -0.2) is 37.3 Å². The third-order valence-corrected chi connectivity index (χ3v) is 6.27. The van der Waals surface area contributed by atoms with Crippen LogP contribution in [0.1, 0.15) is 12.8 Å². The summed E-state index contributed by atoms with van der Waals surface area (Å²) in [6, 6.07) is 16.2. The van der Waals surface area contributed by atoms with Gasteiger partial charge in [0.15, 0.2) is 0 Å². The van der Waals surface area contributed by atoms with E-state index in [1.807, 2.05) is 30.3 Å². The third-order valence-electron chi connectivity index (χ3n) is 3.95. The van der Waals surface area contributed by atoms with Gasteiger partial charge in [-0.15, -0.1) is 10.2 Å². The number of hydrogen-bond acceptors (Lipinski definition) is 6. The summed E-state index contributed by atoms with van der Waals surface area (Å²) < 4.78 is 25.5. The number of carbonyl (C=O) groups excluding carboxylic acids is 1. The lowest BCUT2D eigenvalue weighted by atomic mass is 10.2. The maximum Gasteiger partial charge on any atom is 0.232 e. The molecule has 0 aliphatic rings. The molecular weight excluding hydrogens is 432 g/mol. The predicted molar refractivity (Wildman–Crippen MR) is 117 cm³/mol. The van der Waals surface area contributed by atoms with Gasteiger partial charge in [0.2, 0.25) is 21.1 Å². The van der Waals surface area contributed by atoms with E-state index in [4.69, 9.17) is 11.6 Å². The Balaban J connectivity index is 1.57. The highest BCUT2D eigenvalue weighted by Crippen LogP contribution is 2.26. The lowest BCUT2D eigenvalue weighted by Crippen LogP contribution is -2.31. The fraction of sp³-hybridized carbons (Fsp3) is 0.211. The Hall–Kier alpha value is -2.49. The smallest absolute Gasteiger partial charge is 0.232 e. The molecule has 0 atom stereocenters. The molecule has 0 bridgehead atoms. The minimum absolute atomic E-state index is 0.146. The van der Waals surface area contributed by atoms with Crippen LogP contribution < -0.4 is 9.62 Å². The maximum atomic E-state index is 12.2. The lowest BCUT2D eigenvalue weighted by molar-refractivity contribution is -0.116. The molecule has 7 nitrogen and oxygen atoms in total. The Labute approximate surface area is 178 Å². The van der Waals surface area contributed by atoms with Crippen LogP contribution in [0.3, 0.4) is 0 Å². The van der Waals surface area contributed by atoms with Crippen LogP contribution >= 0.6 is 22.9 Å². The van der Waals surface area contributed by atoms with Crippen molar-refractivity contribution in [3.8, 4) is 10.6 Å². The number of anilines is 2. The number of sulfonamides is 1. The number of halogens is 1. The zero-order chi connectivity index (χ0) is 20.9. The second-order valence-corrected chi connectivity index (χ2v) is 9.57. The van der Waals surface area contributed by atoms with E-state index < -0.39 is 10.0 Å². The summed E-state index contributed by atoms with van der Waals surface area (Å²) in [5.41, 5.74) is 1.40. The van der Waals surface area contributed by atoms with E-state index in [1.165, 1.54) is 15.6 Å². The molecule has 0 saturated heterocycles. The van der Waals surface area contributed by atoms with Crippen molar-refractivity contribution in [1.82, 2.24) is 10.2 Å². The number of nitrogens with one attached hydrogen (secondary N) is 1. The summed E-state index contributed by atoms with van der Waals surface area (Å²) in [6.45, 7) is 0.165. The zero-order valence-corrected chi connectivity index (χ0v) is 18.0. The molecule has 0 spiro atoms. The number of aromatic nitrogens is 2. The molecular formula is C19H19ClN4O3S2. The summed E-state index contributed by atoms with van der Waals surface area (Å²) in [7, 11) is -3.50. The fourth-order valence-electron chi connectivity index (χ4n) is 2.65. The fourth-order valence-corrected chi connectivity index (χ4v) is 4.56. The normalized spacial score (nSPS) is 11.2. The van der Waals surface area contributed by atoms with Crippen LogP contribution in [0.4, 0.5) is 10.8 Å². The van der Waals surface area contributed by atoms with Crippen LogP contribution in [0.2, 0.25) is 5.02 Å². The topological polar surface area (TPSA) is 92.3 Å². The van der Waals surface area contributed by atoms with Gasteiger partial charge in [-0.25, -0.2) is 8.42 Å². The van der Waals surface area contributed by atoms with E-state index in [1.54, 1.807) is 24.3 Å². The standard InChI is InChI=1S/C19H19ClN4O3S2/c1-29(26,27)24(16-10-5-9-15(20)13-16)12-6-11-17(25)21-19-23-22-18(28-19)14-7-3-2-4-8-14/h2-5,7-10,13H,6,11-12H2,1H3,(H,21,23,25). The van der Waals surface area contributed by atoms with Crippen molar-refractivity contribution in [2.45, 2.75) is 12.8 Å². The van der Waals surface area contributed by atoms with Gasteiger partial charge in [0.05, 0.1) is 11.9 Å². The molecule has 0 saturated carbocycles. The van der Waals surface area contributed by atoms with Gasteiger partial charge in [-0.05, 0) is 24.6 Å². The lowest BCUT2D eigenvalue weighted by Gasteiger charge is -2.22. The van der Waals surface area contributed by atoms with Gasteiger partial charge >= 0.3 is 0 Å². The molecule has 1 heterocycles. The van der Waals surface area contributed by atoms with Crippen molar-refractivity contribution in [3.63, 3.8) is 0 Å². The molecule has 1 N–H and O–H groups in total. The zero-order valence-electron chi connectivity index (χ0n) is 15.6. The number of rotatable bonds is 8. The Morgan fingerprint density at radius 1 is 1.14 bits per heavy atom. The molecule has 0 aliphatic carbocycles. The van der Waals surface area contributed by atoms with Crippen molar-refractivity contribution in [3.05, 3.63) is 59.6 Å². The van der Waals surface area contributed by atoms with Gasteiger partial charge in [-0.3, -0.25) is 9.10 Å². The van der Waals surface area contributed by atoms with E-state index in [2.05, 4.69) is 15.5 Å². The van der Waals surface area contributed by atoms with Gasteiger partial charge < -0.3 is 5.32 Å². The molecule has 152 valence electrons. The molecule has 0 unspecified atom stereocenters. The number of amides is 1. The number of carbonyl (C=O) groups is 1. The van der Waals surface area contributed by atoms with Gasteiger partial charge in [-0.1, -0.05) is 59.3 Å². The van der Waals surface area contributed by atoms with E-state index >= 15 is 0 Å². The number of hydrogen-bond donors (Lipinski definition) is 1. The van der Waals surface area contributed by atoms with Gasteiger partial charge in [0.1, 0.15) is 5.01 Å². The summed E-state index contributed by atoms with van der Waals surface area (Å²) >= 11 is 7.24. The number of benzene rings is 2. The Morgan fingerprint density at radius 2 is 1.90 bits per heavy atom. The summed E-state index contributed by atoms with van der Waals surface area (Å²) in [4.78, 5) is 12.2. The monoisotopic (exact) mass is 450 g/mol. The van der Waals surface area contributed by atoms with Crippen molar-refractivity contribution in [2.75, 3.05) is 22.4 Å². The molecule has 0 aliphatic heterocycles. The first kappa shape index (κ1) is 21.2. The highest BCUT2D eigenvalue weighted by atomic mass is 35.5. The Kier molecular flexibility index (Phi) is 6.83. The van der Waals surface area contributed by atoms with E-state index in [-0.39, 0.29) is 18.9 Å². The van der Waals surface area contributed by atoms with Crippen LogP contribution in [0, 0.1) is 0 Å². The molecule has 3 aromatic rings. The summed E-state index contributed by atoms with van der Waals surface area (Å²) in [5.74, 6) is -0.250. The molecule has 0 fully saturated rings. The van der Waals surface area contributed by atoms with Crippen molar-refractivity contribution >= 4 is 49.7 Å². The molecule has 29 heavy (non-hydrogen) atoms. The summed E-state index contributed by atoms with van der Waals surface area (Å²) in [6.07, 6.45) is 1.61. The molecule has 1 aromatic heterocycles. The average Bonchev–Trinajstić information content (AvgIpc) is 3.13. The predicted octanol–water partition coefficient (Wildman–Crippen LogP) is 4.04. The molecule has 3 rings (SSSR count). The van der Waals surface area contributed by atoms with Gasteiger partial charge in [-0.2, -0.15) is 0 Å². The largest absolute Gasteiger partial charge is 0.301 e. The van der Waals surface area contributed by atoms with E-state index in [9.17, 15) is 13.2 Å². The van der Waals surface area contributed by atoms with Crippen LogP contribution in [0.25, 0.3) is 10.6 Å². The first-order valence-corrected chi connectivity index (χ1v) is 11.8. The Bertz CT molecular complexity index is 1090. The van der Waals surface area contributed by atoms with Gasteiger partial charge in [0.25, 0.3) is 0 Å². The first-order valence-electron chi connectivity index (χ1n) is 8.75. The first-order chi connectivity index (χ1) is 13.8. The van der Waals surface area contributed by atoms with E-state index in [0.29, 0.717) is 27.3 Å². The average molecular weight is 451 g/mol. The highest BCUT2D eigenvalue weighted by Gasteiger charge is 2.18. The minimum Gasteiger partial charge on any atom is -0.301 e. The van der Waals surface area contributed by atoms with E-state index in [0.717, 1.165) is 11.8 Å². The van der Waals surface area contributed by atoms with Crippen molar-refractivity contribution in [1.29, 1.82) is 0 Å².